The predicted octanol–water partition coefficient (Wildman–Crippen LogP) is 1.12. The van der Waals surface area contributed by atoms with Crippen molar-refractivity contribution in [2.45, 2.75) is 19.2 Å². The van der Waals surface area contributed by atoms with E-state index in [1.807, 2.05) is 0 Å². The fraction of sp³-hybridized carbons (Fsp3) is 0.357. The van der Waals surface area contributed by atoms with E-state index in [0.717, 1.165) is 0 Å². The molecule has 0 heterocycles. The zero-order chi connectivity index (χ0) is 15.8. The van der Waals surface area contributed by atoms with Crippen molar-refractivity contribution in [1.82, 2.24) is 10.6 Å². The number of benzene rings is 1. The number of alkyl halides is 1. The van der Waals surface area contributed by atoms with E-state index in [0.29, 0.717) is 24.3 Å². The molecular weight excluding hydrogens is 294 g/mol. The van der Waals surface area contributed by atoms with Crippen LogP contribution in [0.15, 0.2) is 24.3 Å². The van der Waals surface area contributed by atoms with Crippen molar-refractivity contribution >= 4 is 35.0 Å². The molecule has 0 aliphatic carbocycles. The van der Waals surface area contributed by atoms with Crippen LogP contribution in [0.3, 0.4) is 0 Å². The summed E-state index contributed by atoms with van der Waals surface area (Å²) >= 11 is 5.59. The van der Waals surface area contributed by atoms with Crippen LogP contribution in [0, 0.1) is 0 Å². The molecule has 0 fully saturated rings. The summed E-state index contributed by atoms with van der Waals surface area (Å²) in [5, 5.41) is 7.25. The van der Waals surface area contributed by atoms with Gasteiger partial charge in [-0.15, -0.1) is 11.6 Å². The molecule has 0 saturated heterocycles. The van der Waals surface area contributed by atoms with Crippen molar-refractivity contribution in [3.63, 3.8) is 0 Å². The minimum atomic E-state index is -0.602. The lowest BCUT2D eigenvalue weighted by molar-refractivity contribution is -0.120. The van der Waals surface area contributed by atoms with Crippen LogP contribution >= 0.6 is 11.6 Å². The Labute approximate surface area is 128 Å². The largest absolute Gasteiger partial charge is 0.353 e. The van der Waals surface area contributed by atoms with Crippen molar-refractivity contribution in [2.24, 2.45) is 0 Å². The van der Waals surface area contributed by atoms with E-state index in [2.05, 4.69) is 16.0 Å². The van der Waals surface area contributed by atoms with Gasteiger partial charge in [-0.05, 0) is 25.1 Å². The first-order valence-corrected chi connectivity index (χ1v) is 6.91. The predicted molar refractivity (Wildman–Crippen MR) is 81.4 cm³/mol. The van der Waals surface area contributed by atoms with Gasteiger partial charge in [0, 0.05) is 31.3 Å². The van der Waals surface area contributed by atoms with Gasteiger partial charge in [0.1, 0.15) is 5.38 Å². The molecule has 0 bridgehead atoms. The lowest BCUT2D eigenvalue weighted by Gasteiger charge is -2.09. The van der Waals surface area contributed by atoms with Gasteiger partial charge in [-0.1, -0.05) is 6.07 Å². The highest BCUT2D eigenvalue weighted by Crippen LogP contribution is 2.10. The molecule has 3 N–H and O–H groups in total. The van der Waals surface area contributed by atoms with Gasteiger partial charge in [-0.25, -0.2) is 0 Å². The highest BCUT2D eigenvalue weighted by molar-refractivity contribution is 6.30. The Bertz CT molecular complexity index is 532. The first-order chi connectivity index (χ1) is 9.90. The highest BCUT2D eigenvalue weighted by atomic mass is 35.5. The summed E-state index contributed by atoms with van der Waals surface area (Å²) in [7, 11) is 0. The number of carbonyl (C=O) groups excluding carboxylic acids is 3. The van der Waals surface area contributed by atoms with Crippen molar-refractivity contribution < 1.29 is 14.4 Å². The lowest BCUT2D eigenvalue weighted by Crippen LogP contribution is -2.37. The maximum atomic E-state index is 11.9. The molecule has 3 amide bonds. The van der Waals surface area contributed by atoms with Crippen LogP contribution in [-0.4, -0.2) is 36.2 Å². The maximum Gasteiger partial charge on any atom is 0.251 e. The van der Waals surface area contributed by atoms with E-state index in [-0.39, 0.29) is 17.7 Å². The van der Waals surface area contributed by atoms with Gasteiger partial charge in [0.25, 0.3) is 5.91 Å². The zero-order valence-corrected chi connectivity index (χ0v) is 12.7. The monoisotopic (exact) mass is 311 g/mol. The minimum Gasteiger partial charge on any atom is -0.353 e. The third-order valence-electron chi connectivity index (χ3n) is 2.52. The molecule has 0 spiro atoms. The summed E-state index contributed by atoms with van der Waals surface area (Å²) in [6.45, 7) is 3.56. The molecule has 0 radical (unpaired) electrons. The van der Waals surface area contributed by atoms with Gasteiger partial charge in [-0.3, -0.25) is 14.4 Å². The summed E-state index contributed by atoms with van der Waals surface area (Å²) in [4.78, 5) is 34.1. The quantitative estimate of drug-likeness (QED) is 0.543. The van der Waals surface area contributed by atoms with Gasteiger partial charge in [-0.2, -0.15) is 0 Å². The van der Waals surface area contributed by atoms with Crippen molar-refractivity contribution in [1.29, 1.82) is 0 Å². The Balaban J connectivity index is 2.45. The first-order valence-electron chi connectivity index (χ1n) is 6.48. The molecule has 0 aliphatic heterocycles. The normalized spacial score (nSPS) is 11.4. The Morgan fingerprint density at radius 2 is 1.86 bits per heavy atom. The smallest absolute Gasteiger partial charge is 0.251 e. The van der Waals surface area contributed by atoms with Crippen molar-refractivity contribution in [3.8, 4) is 0 Å². The fourth-order valence-corrected chi connectivity index (χ4v) is 1.62. The maximum absolute atomic E-state index is 11.9. The number of hydrogen-bond acceptors (Lipinski definition) is 3. The van der Waals surface area contributed by atoms with E-state index in [4.69, 9.17) is 11.6 Å². The summed E-state index contributed by atoms with van der Waals surface area (Å²) in [6, 6.07) is 6.59. The summed E-state index contributed by atoms with van der Waals surface area (Å²) in [6.07, 6.45) is 0. The molecule has 21 heavy (non-hydrogen) atoms. The van der Waals surface area contributed by atoms with Crippen molar-refractivity contribution in [2.75, 3.05) is 18.4 Å². The van der Waals surface area contributed by atoms with E-state index < -0.39 is 5.38 Å². The van der Waals surface area contributed by atoms with Crippen LogP contribution in [0.25, 0.3) is 0 Å². The average molecular weight is 312 g/mol. The van der Waals surface area contributed by atoms with Crippen molar-refractivity contribution in [3.05, 3.63) is 29.8 Å². The van der Waals surface area contributed by atoms with Gasteiger partial charge in [0.15, 0.2) is 0 Å². The molecule has 1 atom stereocenters. The molecule has 114 valence electrons. The number of nitrogens with one attached hydrogen (secondary N) is 3. The van der Waals surface area contributed by atoms with E-state index in [1.54, 1.807) is 31.2 Å². The van der Waals surface area contributed by atoms with Crippen LogP contribution in [0.2, 0.25) is 0 Å². The molecule has 0 aliphatic rings. The Kier molecular flexibility index (Phi) is 6.68. The average Bonchev–Trinajstić information content (AvgIpc) is 2.42. The summed E-state index contributed by atoms with van der Waals surface area (Å²) in [5.41, 5.74) is 0.984. The Morgan fingerprint density at radius 3 is 2.48 bits per heavy atom. The molecule has 7 heteroatoms. The van der Waals surface area contributed by atoms with E-state index in [1.165, 1.54) is 6.92 Å². The lowest BCUT2D eigenvalue weighted by atomic mass is 10.2. The van der Waals surface area contributed by atoms with Gasteiger partial charge >= 0.3 is 0 Å². The Hall–Kier alpha value is -2.08. The van der Waals surface area contributed by atoms with Crippen LogP contribution in [0.1, 0.15) is 24.2 Å². The van der Waals surface area contributed by atoms with Crippen LogP contribution in [0.4, 0.5) is 5.69 Å². The highest BCUT2D eigenvalue weighted by Gasteiger charge is 2.09. The topological polar surface area (TPSA) is 87.3 Å². The molecular formula is C14H18ClN3O3. The second kappa shape index (κ2) is 8.26. The molecule has 1 aromatic carbocycles. The first kappa shape index (κ1) is 17.0. The number of anilines is 1. The summed E-state index contributed by atoms with van der Waals surface area (Å²) < 4.78 is 0. The van der Waals surface area contributed by atoms with Gasteiger partial charge in [0.2, 0.25) is 11.8 Å². The van der Waals surface area contributed by atoms with E-state index in [9.17, 15) is 14.4 Å². The van der Waals surface area contributed by atoms with Crippen LogP contribution < -0.4 is 16.0 Å². The minimum absolute atomic E-state index is 0.203. The number of carbonyl (C=O) groups is 3. The van der Waals surface area contributed by atoms with Crippen LogP contribution in [0.5, 0.6) is 0 Å². The second-order valence-corrected chi connectivity index (χ2v) is 5.08. The summed E-state index contributed by atoms with van der Waals surface area (Å²) in [5.74, 6) is -0.764. The third-order valence-corrected chi connectivity index (χ3v) is 2.71. The number of rotatable bonds is 6. The number of halogens is 1. The molecule has 6 nitrogen and oxygen atoms in total. The zero-order valence-electron chi connectivity index (χ0n) is 11.9. The molecule has 0 saturated carbocycles. The molecule has 0 aromatic heterocycles. The SMILES string of the molecule is CC(=O)Nc1cccc(C(=O)NCCNC(=O)C(C)Cl)c1. The van der Waals surface area contributed by atoms with Gasteiger partial charge < -0.3 is 16.0 Å². The molecule has 1 rings (SSSR count). The van der Waals surface area contributed by atoms with E-state index >= 15 is 0 Å². The van der Waals surface area contributed by atoms with Gasteiger partial charge in [0.05, 0.1) is 0 Å². The molecule has 1 aromatic rings. The van der Waals surface area contributed by atoms with Crippen LogP contribution in [-0.2, 0) is 9.59 Å². The number of amides is 3. The second-order valence-electron chi connectivity index (χ2n) is 4.42. The Morgan fingerprint density at radius 1 is 1.19 bits per heavy atom. The fourth-order valence-electron chi connectivity index (χ4n) is 1.55. The molecule has 1 unspecified atom stereocenters. The standard InChI is InChI=1S/C14H18ClN3O3/c1-9(15)13(20)16-6-7-17-14(21)11-4-3-5-12(8-11)18-10(2)19/h3-5,8-9H,6-7H2,1-2H3,(H,16,20)(H,17,21)(H,18,19). The third kappa shape index (κ3) is 6.27. The number of hydrogen-bond donors (Lipinski definition) is 3.